The topological polar surface area (TPSA) is 96.4 Å². The van der Waals surface area contributed by atoms with Crippen LogP contribution in [0.3, 0.4) is 0 Å². The van der Waals surface area contributed by atoms with Crippen molar-refractivity contribution in [1.29, 1.82) is 0 Å². The third kappa shape index (κ3) is 4.19. The number of ketones is 1. The molecule has 1 aromatic heterocycles. The molecule has 0 atom stereocenters. The third-order valence-corrected chi connectivity index (χ3v) is 8.85. The summed E-state index contributed by atoms with van der Waals surface area (Å²) in [5.74, 6) is -0.302. The molecule has 160 valence electrons. The van der Waals surface area contributed by atoms with Crippen molar-refractivity contribution in [3.63, 3.8) is 0 Å². The van der Waals surface area contributed by atoms with E-state index in [1.54, 1.807) is 7.05 Å². The summed E-state index contributed by atoms with van der Waals surface area (Å²) in [5.41, 5.74) is 1.09. The number of aryl methyl sites for hydroxylation is 1. The van der Waals surface area contributed by atoms with Gasteiger partial charge in [0.25, 0.3) is 5.91 Å². The van der Waals surface area contributed by atoms with Gasteiger partial charge >= 0.3 is 0 Å². The minimum atomic E-state index is -3.59. The van der Waals surface area contributed by atoms with Crippen molar-refractivity contribution in [2.75, 3.05) is 12.4 Å². The number of amides is 1. The van der Waals surface area contributed by atoms with Crippen LogP contribution in [0.25, 0.3) is 0 Å². The quantitative estimate of drug-likeness (QED) is 0.751. The number of carbonyl (C=O) groups is 2. The van der Waals surface area contributed by atoms with Gasteiger partial charge in [-0.15, -0.1) is 0 Å². The molecule has 0 unspecified atom stereocenters. The number of hydrogen-bond donors (Lipinski definition) is 1. The molecule has 1 N–H and O–H groups in total. The molecule has 0 radical (unpaired) electrons. The van der Waals surface area contributed by atoms with Gasteiger partial charge in [0.15, 0.2) is 10.9 Å². The predicted molar refractivity (Wildman–Crippen MR) is 116 cm³/mol. The smallest absolute Gasteiger partial charge is 0.257 e. The summed E-state index contributed by atoms with van der Waals surface area (Å²) in [5, 5.41) is 3.12. The molecule has 0 aliphatic heterocycles. The molecule has 2 aromatic rings. The van der Waals surface area contributed by atoms with E-state index in [9.17, 15) is 18.0 Å². The van der Waals surface area contributed by atoms with Crippen molar-refractivity contribution in [3.8, 4) is 0 Å². The van der Waals surface area contributed by atoms with E-state index in [-0.39, 0.29) is 22.6 Å². The lowest BCUT2D eigenvalue weighted by atomic mass is 9.96. The van der Waals surface area contributed by atoms with E-state index in [4.69, 9.17) is 0 Å². The number of thiazole rings is 1. The predicted octanol–water partition coefficient (Wildman–Crippen LogP) is 3.87. The molecule has 2 aliphatic rings. The van der Waals surface area contributed by atoms with Gasteiger partial charge in [0.1, 0.15) is 0 Å². The van der Waals surface area contributed by atoms with Gasteiger partial charge in [-0.2, -0.15) is 4.31 Å². The first-order valence-corrected chi connectivity index (χ1v) is 12.5. The van der Waals surface area contributed by atoms with Gasteiger partial charge in [-0.1, -0.05) is 30.6 Å². The molecule has 9 heteroatoms. The molecule has 0 spiro atoms. The summed E-state index contributed by atoms with van der Waals surface area (Å²) in [7, 11) is -1.96. The molecule has 1 fully saturated rings. The van der Waals surface area contributed by atoms with Crippen molar-refractivity contribution in [3.05, 3.63) is 40.4 Å². The zero-order valence-corrected chi connectivity index (χ0v) is 18.5. The Balaban J connectivity index is 1.46. The highest BCUT2D eigenvalue weighted by atomic mass is 32.2. The van der Waals surface area contributed by atoms with Crippen LogP contribution in [0.1, 0.15) is 70.7 Å². The van der Waals surface area contributed by atoms with Gasteiger partial charge in [0, 0.05) is 25.1 Å². The fraction of sp³-hybridized carbons (Fsp3) is 0.476. The zero-order valence-electron chi connectivity index (χ0n) is 16.9. The summed E-state index contributed by atoms with van der Waals surface area (Å²) in [6.07, 6.45) is 7.08. The van der Waals surface area contributed by atoms with Gasteiger partial charge in [0.2, 0.25) is 10.0 Å². The van der Waals surface area contributed by atoms with Crippen LogP contribution in [0.5, 0.6) is 0 Å². The normalized spacial score (nSPS) is 17.7. The van der Waals surface area contributed by atoms with Crippen LogP contribution in [0, 0.1) is 0 Å². The second-order valence-corrected chi connectivity index (χ2v) is 10.9. The monoisotopic (exact) mass is 447 g/mol. The van der Waals surface area contributed by atoms with Gasteiger partial charge in [-0.3, -0.25) is 14.9 Å². The number of Topliss-reactive ketones (excluding diaryl/α,β-unsaturated/α-hetero) is 1. The Morgan fingerprint density at radius 3 is 2.47 bits per heavy atom. The van der Waals surface area contributed by atoms with Crippen molar-refractivity contribution in [1.82, 2.24) is 9.29 Å². The van der Waals surface area contributed by atoms with E-state index in [0.717, 1.165) is 50.6 Å². The first kappa shape index (κ1) is 21.1. The molecular weight excluding hydrogens is 422 g/mol. The molecule has 1 amide bonds. The fourth-order valence-corrected chi connectivity index (χ4v) is 6.47. The maximum Gasteiger partial charge on any atom is 0.257 e. The Morgan fingerprint density at radius 2 is 1.80 bits per heavy atom. The second-order valence-electron chi connectivity index (χ2n) is 7.86. The molecule has 0 bridgehead atoms. The molecule has 1 heterocycles. The van der Waals surface area contributed by atoms with Gasteiger partial charge in [0.05, 0.1) is 15.5 Å². The summed E-state index contributed by atoms with van der Waals surface area (Å²) in [6.45, 7) is 0. The number of fused-ring (bicyclic) bond motifs is 1. The Hall–Kier alpha value is -2.10. The Bertz CT molecular complexity index is 1050. The highest BCUT2D eigenvalue weighted by Gasteiger charge is 2.29. The molecular formula is C21H25N3O4S2. The van der Waals surface area contributed by atoms with Crippen LogP contribution in [0.15, 0.2) is 29.2 Å². The Kier molecular flexibility index (Phi) is 6.04. The van der Waals surface area contributed by atoms with Crippen LogP contribution in [-0.4, -0.2) is 42.5 Å². The van der Waals surface area contributed by atoms with E-state index in [1.165, 1.54) is 39.9 Å². The third-order valence-electron chi connectivity index (χ3n) is 5.87. The standard InChI is InChI=1S/C21H25N3O4S2/c1-24(15-6-3-2-4-7-15)30(27,28)16-12-10-14(11-13-16)20(26)23-21-22-17-8-5-9-18(25)19(17)29-21/h10-13,15H,2-9H2,1H3,(H,22,23,26). The number of aromatic nitrogens is 1. The maximum atomic E-state index is 12.9. The molecule has 2 aliphatic carbocycles. The summed E-state index contributed by atoms with van der Waals surface area (Å²) < 4.78 is 27.3. The van der Waals surface area contributed by atoms with Crippen LogP contribution in [0.4, 0.5) is 5.13 Å². The van der Waals surface area contributed by atoms with Crippen molar-refractivity contribution in [2.24, 2.45) is 0 Å². The molecule has 4 rings (SSSR count). The van der Waals surface area contributed by atoms with Gasteiger partial charge in [-0.25, -0.2) is 13.4 Å². The number of anilines is 1. The van der Waals surface area contributed by atoms with E-state index in [2.05, 4.69) is 10.3 Å². The zero-order chi connectivity index (χ0) is 21.3. The first-order valence-electron chi connectivity index (χ1n) is 10.3. The van der Waals surface area contributed by atoms with Gasteiger partial charge in [-0.05, 0) is 49.9 Å². The van der Waals surface area contributed by atoms with E-state index < -0.39 is 10.0 Å². The summed E-state index contributed by atoms with van der Waals surface area (Å²) >= 11 is 1.20. The van der Waals surface area contributed by atoms with E-state index >= 15 is 0 Å². The van der Waals surface area contributed by atoms with Crippen molar-refractivity contribution >= 4 is 38.2 Å². The number of sulfonamides is 1. The lowest BCUT2D eigenvalue weighted by Gasteiger charge is -2.30. The fourth-order valence-electron chi connectivity index (χ4n) is 4.08. The highest BCUT2D eigenvalue weighted by Crippen LogP contribution is 2.30. The van der Waals surface area contributed by atoms with E-state index in [0.29, 0.717) is 22.0 Å². The Morgan fingerprint density at radius 1 is 1.10 bits per heavy atom. The number of hydrogen-bond acceptors (Lipinski definition) is 6. The minimum absolute atomic E-state index is 0.0328. The molecule has 1 saturated carbocycles. The van der Waals surface area contributed by atoms with Crippen molar-refractivity contribution in [2.45, 2.75) is 62.3 Å². The van der Waals surface area contributed by atoms with E-state index in [1.807, 2.05) is 0 Å². The largest absolute Gasteiger partial charge is 0.298 e. The first-order chi connectivity index (χ1) is 14.4. The summed E-state index contributed by atoms with van der Waals surface area (Å²) in [6, 6.07) is 6.00. The van der Waals surface area contributed by atoms with Crippen LogP contribution in [0.2, 0.25) is 0 Å². The molecule has 0 saturated heterocycles. The maximum absolute atomic E-state index is 12.9. The minimum Gasteiger partial charge on any atom is -0.298 e. The number of rotatable bonds is 5. The number of carbonyl (C=O) groups excluding carboxylic acids is 2. The van der Waals surface area contributed by atoms with Crippen LogP contribution >= 0.6 is 11.3 Å². The highest BCUT2D eigenvalue weighted by molar-refractivity contribution is 7.89. The van der Waals surface area contributed by atoms with Crippen LogP contribution < -0.4 is 5.32 Å². The Labute approximate surface area is 180 Å². The summed E-state index contributed by atoms with van der Waals surface area (Å²) in [4.78, 5) is 29.7. The average Bonchev–Trinajstić information content (AvgIpc) is 3.17. The lowest BCUT2D eigenvalue weighted by Crippen LogP contribution is -2.38. The molecule has 30 heavy (non-hydrogen) atoms. The SMILES string of the molecule is CN(C1CCCCC1)S(=O)(=O)c1ccc(C(=O)Nc2nc3c(s2)C(=O)CCC3)cc1. The lowest BCUT2D eigenvalue weighted by molar-refractivity contribution is 0.0975. The number of nitrogens with zero attached hydrogens (tertiary/aromatic N) is 2. The average molecular weight is 448 g/mol. The van der Waals surface area contributed by atoms with Gasteiger partial charge < -0.3 is 0 Å². The molecule has 1 aromatic carbocycles. The number of nitrogens with one attached hydrogen (secondary N) is 1. The second kappa shape index (κ2) is 8.56. The van der Waals surface area contributed by atoms with Crippen molar-refractivity contribution < 1.29 is 18.0 Å². The molecule has 7 nitrogen and oxygen atoms in total. The van der Waals surface area contributed by atoms with Crippen LogP contribution in [-0.2, 0) is 16.4 Å². The number of benzene rings is 1.